The number of phenols is 2. The molecule has 0 aromatic heterocycles. The third-order valence-electron chi connectivity index (χ3n) is 5.81. The van der Waals surface area contributed by atoms with Crippen LogP contribution in [-0.2, 0) is 12.8 Å². The number of benzene rings is 2. The summed E-state index contributed by atoms with van der Waals surface area (Å²) in [4.78, 5) is 2.65. The van der Waals surface area contributed by atoms with E-state index in [1.54, 1.807) is 6.07 Å². The SMILES string of the molecule is Oc1ccc2c(c1O)CC[C@@H]1[C@H]2CCCN1CCc1ccccc1. The molecule has 1 aliphatic heterocycles. The Balaban J connectivity index is 1.53. The van der Waals surface area contributed by atoms with E-state index in [4.69, 9.17) is 0 Å². The van der Waals surface area contributed by atoms with Crippen molar-refractivity contribution in [1.82, 2.24) is 4.90 Å². The van der Waals surface area contributed by atoms with Gasteiger partial charge in [-0.25, -0.2) is 0 Å². The molecule has 2 atom stereocenters. The molecule has 0 amide bonds. The topological polar surface area (TPSA) is 43.7 Å². The summed E-state index contributed by atoms with van der Waals surface area (Å²) in [5.41, 5.74) is 3.63. The molecule has 1 aliphatic carbocycles. The highest BCUT2D eigenvalue weighted by molar-refractivity contribution is 5.51. The number of hydrogen-bond acceptors (Lipinski definition) is 3. The van der Waals surface area contributed by atoms with Crippen molar-refractivity contribution in [1.29, 1.82) is 0 Å². The summed E-state index contributed by atoms with van der Waals surface area (Å²) >= 11 is 0. The minimum Gasteiger partial charge on any atom is -0.504 e. The Hall–Kier alpha value is -2.00. The van der Waals surface area contributed by atoms with E-state index in [-0.39, 0.29) is 11.5 Å². The van der Waals surface area contributed by atoms with Crippen LogP contribution in [0.25, 0.3) is 0 Å². The molecule has 1 saturated heterocycles. The summed E-state index contributed by atoms with van der Waals surface area (Å²) in [5, 5.41) is 20.0. The van der Waals surface area contributed by atoms with Crippen molar-refractivity contribution in [3.8, 4) is 11.5 Å². The fourth-order valence-electron chi connectivity index (χ4n) is 4.61. The molecule has 0 bridgehead atoms. The molecule has 3 heteroatoms. The van der Waals surface area contributed by atoms with Crippen LogP contribution in [0.4, 0.5) is 0 Å². The molecule has 126 valence electrons. The normalized spacial score (nSPS) is 23.5. The Morgan fingerprint density at radius 3 is 2.67 bits per heavy atom. The van der Waals surface area contributed by atoms with Gasteiger partial charge in [-0.2, -0.15) is 0 Å². The first kappa shape index (κ1) is 15.5. The number of piperidine rings is 1. The van der Waals surface area contributed by atoms with Crippen LogP contribution in [0.2, 0.25) is 0 Å². The highest BCUT2D eigenvalue weighted by atomic mass is 16.3. The van der Waals surface area contributed by atoms with Crippen LogP contribution in [0, 0.1) is 0 Å². The molecule has 2 aliphatic rings. The summed E-state index contributed by atoms with van der Waals surface area (Å²) in [7, 11) is 0. The zero-order chi connectivity index (χ0) is 16.5. The summed E-state index contributed by atoms with van der Waals surface area (Å²) in [6.07, 6.45) is 5.42. The molecule has 2 N–H and O–H groups in total. The molecule has 2 aromatic carbocycles. The van der Waals surface area contributed by atoms with Crippen molar-refractivity contribution in [2.45, 2.75) is 44.1 Å². The molecule has 0 unspecified atom stereocenters. The zero-order valence-electron chi connectivity index (χ0n) is 14.0. The van der Waals surface area contributed by atoms with Crippen molar-refractivity contribution in [2.24, 2.45) is 0 Å². The van der Waals surface area contributed by atoms with Gasteiger partial charge in [0.1, 0.15) is 0 Å². The van der Waals surface area contributed by atoms with Gasteiger partial charge in [0.25, 0.3) is 0 Å². The number of fused-ring (bicyclic) bond motifs is 3. The highest BCUT2D eigenvalue weighted by Crippen LogP contribution is 2.45. The molecule has 1 heterocycles. The first-order valence-electron chi connectivity index (χ1n) is 9.05. The molecular weight excluding hydrogens is 298 g/mol. The monoisotopic (exact) mass is 323 g/mol. The fraction of sp³-hybridized carbons (Fsp3) is 0.429. The van der Waals surface area contributed by atoms with Crippen LogP contribution >= 0.6 is 0 Å². The Morgan fingerprint density at radius 1 is 1.00 bits per heavy atom. The number of nitrogens with zero attached hydrogens (tertiary/aromatic N) is 1. The van der Waals surface area contributed by atoms with E-state index < -0.39 is 0 Å². The van der Waals surface area contributed by atoms with Crippen LogP contribution in [0.5, 0.6) is 11.5 Å². The van der Waals surface area contributed by atoms with E-state index >= 15 is 0 Å². The van der Waals surface area contributed by atoms with Crippen molar-refractivity contribution in [2.75, 3.05) is 13.1 Å². The summed E-state index contributed by atoms with van der Waals surface area (Å²) in [5.74, 6) is 0.612. The van der Waals surface area contributed by atoms with E-state index in [1.165, 1.54) is 30.5 Å². The lowest BCUT2D eigenvalue weighted by molar-refractivity contribution is 0.113. The number of rotatable bonds is 3. The van der Waals surface area contributed by atoms with Crippen molar-refractivity contribution < 1.29 is 10.2 Å². The van der Waals surface area contributed by atoms with Crippen LogP contribution in [-0.4, -0.2) is 34.2 Å². The van der Waals surface area contributed by atoms with E-state index in [0.717, 1.165) is 31.4 Å². The quantitative estimate of drug-likeness (QED) is 0.844. The van der Waals surface area contributed by atoms with Gasteiger partial charge in [-0.1, -0.05) is 36.4 Å². The standard InChI is InChI=1S/C21H25NO2/c23-20-11-9-16-17-7-4-13-22(14-12-15-5-2-1-3-6-15)19(17)10-8-18(16)21(20)24/h1-3,5-6,9,11,17,19,23-24H,4,7-8,10,12-14H2/t17-,19+/m0/s1. The van der Waals surface area contributed by atoms with Gasteiger partial charge in [0.15, 0.2) is 11.5 Å². The van der Waals surface area contributed by atoms with E-state index in [0.29, 0.717) is 12.0 Å². The smallest absolute Gasteiger partial charge is 0.160 e. The van der Waals surface area contributed by atoms with E-state index in [1.807, 2.05) is 6.07 Å². The molecule has 0 radical (unpaired) electrons. The Bertz CT molecular complexity index is 713. The molecule has 2 aromatic rings. The summed E-state index contributed by atoms with van der Waals surface area (Å²) < 4.78 is 0. The van der Waals surface area contributed by atoms with Crippen molar-refractivity contribution in [3.63, 3.8) is 0 Å². The lowest BCUT2D eigenvalue weighted by atomic mass is 9.74. The maximum Gasteiger partial charge on any atom is 0.160 e. The third-order valence-corrected chi connectivity index (χ3v) is 5.81. The van der Waals surface area contributed by atoms with Gasteiger partial charge in [-0.05, 0) is 61.8 Å². The predicted octanol–water partition coefficient (Wildman–Crippen LogP) is 3.83. The van der Waals surface area contributed by atoms with Crippen molar-refractivity contribution in [3.05, 3.63) is 59.2 Å². The second-order valence-corrected chi connectivity index (χ2v) is 7.13. The molecule has 4 rings (SSSR count). The highest BCUT2D eigenvalue weighted by Gasteiger charge is 2.37. The molecular formula is C21H25NO2. The van der Waals surface area contributed by atoms with Gasteiger partial charge in [0, 0.05) is 18.2 Å². The molecule has 24 heavy (non-hydrogen) atoms. The van der Waals surface area contributed by atoms with Crippen LogP contribution in [0.15, 0.2) is 42.5 Å². The second kappa shape index (κ2) is 6.48. The van der Waals surface area contributed by atoms with Crippen LogP contribution < -0.4 is 0 Å². The van der Waals surface area contributed by atoms with Gasteiger partial charge in [0.05, 0.1) is 0 Å². The van der Waals surface area contributed by atoms with Crippen molar-refractivity contribution >= 4 is 0 Å². The van der Waals surface area contributed by atoms with Gasteiger partial charge >= 0.3 is 0 Å². The van der Waals surface area contributed by atoms with Gasteiger partial charge in [-0.15, -0.1) is 0 Å². The second-order valence-electron chi connectivity index (χ2n) is 7.13. The lowest BCUT2D eigenvalue weighted by Crippen LogP contribution is -2.47. The average molecular weight is 323 g/mol. The maximum atomic E-state index is 10.2. The first-order valence-corrected chi connectivity index (χ1v) is 9.05. The molecule has 0 spiro atoms. The zero-order valence-corrected chi connectivity index (χ0v) is 14.0. The number of phenolic OH excluding ortho intramolecular Hbond substituents is 2. The van der Waals surface area contributed by atoms with Crippen LogP contribution in [0.1, 0.15) is 41.9 Å². The predicted molar refractivity (Wildman–Crippen MR) is 95.6 cm³/mol. The Kier molecular flexibility index (Phi) is 4.19. The number of likely N-dealkylation sites (tertiary alicyclic amines) is 1. The average Bonchev–Trinajstić information content (AvgIpc) is 2.63. The molecule has 1 fully saturated rings. The van der Waals surface area contributed by atoms with Gasteiger partial charge < -0.3 is 10.2 Å². The van der Waals surface area contributed by atoms with Crippen LogP contribution in [0.3, 0.4) is 0 Å². The van der Waals surface area contributed by atoms with Gasteiger partial charge in [0.2, 0.25) is 0 Å². The first-order chi connectivity index (χ1) is 11.7. The number of hydrogen-bond donors (Lipinski definition) is 2. The Morgan fingerprint density at radius 2 is 1.83 bits per heavy atom. The molecule has 0 saturated carbocycles. The van der Waals surface area contributed by atoms with Gasteiger partial charge in [-0.3, -0.25) is 4.90 Å². The lowest BCUT2D eigenvalue weighted by Gasteiger charge is -2.45. The summed E-state index contributed by atoms with van der Waals surface area (Å²) in [6, 6.07) is 15.0. The minimum atomic E-state index is 0.0175. The summed E-state index contributed by atoms with van der Waals surface area (Å²) in [6.45, 7) is 2.28. The Labute approximate surface area is 143 Å². The molecule has 3 nitrogen and oxygen atoms in total. The number of aromatic hydroxyl groups is 2. The minimum absolute atomic E-state index is 0.0175. The van der Waals surface area contributed by atoms with E-state index in [9.17, 15) is 10.2 Å². The maximum absolute atomic E-state index is 10.2. The largest absolute Gasteiger partial charge is 0.504 e. The van der Waals surface area contributed by atoms with E-state index in [2.05, 4.69) is 35.2 Å². The fourth-order valence-corrected chi connectivity index (χ4v) is 4.61. The third kappa shape index (κ3) is 2.78.